The number of benzene rings is 1. The van der Waals surface area contributed by atoms with E-state index in [4.69, 9.17) is 0 Å². The summed E-state index contributed by atoms with van der Waals surface area (Å²) < 4.78 is 0. The molecule has 3 rings (SSSR count). The molecule has 2 heteroatoms. The van der Waals surface area contributed by atoms with Gasteiger partial charge in [0.15, 0.2) is 5.78 Å². The molecule has 0 aliphatic heterocycles. The molecule has 1 aromatic carbocycles. The fourth-order valence-corrected chi connectivity index (χ4v) is 3.63. The Kier molecular flexibility index (Phi) is 3.04. The summed E-state index contributed by atoms with van der Waals surface area (Å²) in [4.78, 5) is 14.7. The lowest BCUT2D eigenvalue weighted by atomic mass is 9.80. The highest BCUT2D eigenvalue weighted by Crippen LogP contribution is 2.35. The predicted octanol–water partition coefficient (Wildman–Crippen LogP) is 4.36. The first kappa shape index (κ1) is 11.7. The third-order valence-electron chi connectivity index (χ3n) is 3.67. The van der Waals surface area contributed by atoms with E-state index in [2.05, 4.69) is 25.1 Å². The molecule has 1 heterocycles. The second-order valence-electron chi connectivity index (χ2n) is 4.92. The summed E-state index contributed by atoms with van der Waals surface area (Å²) in [7, 11) is 0. The van der Waals surface area contributed by atoms with Crippen molar-refractivity contribution in [2.24, 2.45) is 0 Å². The Morgan fingerprint density at radius 2 is 2.06 bits per heavy atom. The third kappa shape index (κ3) is 2.01. The van der Waals surface area contributed by atoms with Gasteiger partial charge in [0.05, 0.1) is 4.88 Å². The van der Waals surface area contributed by atoms with Crippen molar-refractivity contribution in [1.82, 2.24) is 0 Å². The highest BCUT2D eigenvalue weighted by atomic mass is 32.1. The fraction of sp³-hybridized carbons (Fsp3) is 0.312. The number of aryl methyl sites for hydroxylation is 2. The van der Waals surface area contributed by atoms with E-state index in [-0.39, 0.29) is 5.92 Å². The minimum absolute atomic E-state index is 0.0769. The first-order valence-electron chi connectivity index (χ1n) is 6.44. The molecular weight excluding hydrogens is 240 g/mol. The Balaban J connectivity index is 1.96. The van der Waals surface area contributed by atoms with Gasteiger partial charge in [-0.3, -0.25) is 4.79 Å². The highest BCUT2D eigenvalue weighted by molar-refractivity contribution is 7.14. The molecular formula is C16H16OS. The number of ketones is 1. The van der Waals surface area contributed by atoms with Crippen LogP contribution in [0.15, 0.2) is 36.4 Å². The molecule has 1 aromatic heterocycles. The Hall–Kier alpha value is -1.41. The molecule has 2 aromatic rings. The molecule has 1 unspecified atom stereocenters. The van der Waals surface area contributed by atoms with Gasteiger partial charge in [-0.15, -0.1) is 11.3 Å². The second-order valence-corrected chi connectivity index (χ2v) is 6.21. The van der Waals surface area contributed by atoms with E-state index in [1.165, 1.54) is 16.0 Å². The minimum atomic E-state index is 0.0769. The van der Waals surface area contributed by atoms with Crippen LogP contribution in [0.4, 0.5) is 0 Å². The number of thiophene rings is 1. The largest absolute Gasteiger partial charge is 0.293 e. The monoisotopic (exact) mass is 256 g/mol. The van der Waals surface area contributed by atoms with E-state index in [9.17, 15) is 4.79 Å². The third-order valence-corrected chi connectivity index (χ3v) is 4.68. The summed E-state index contributed by atoms with van der Waals surface area (Å²) in [6.07, 6.45) is 3.23. The Labute approximate surface area is 111 Å². The molecule has 92 valence electrons. The van der Waals surface area contributed by atoms with Crippen molar-refractivity contribution in [3.63, 3.8) is 0 Å². The van der Waals surface area contributed by atoms with Crippen molar-refractivity contribution in [3.05, 3.63) is 57.3 Å². The Morgan fingerprint density at radius 1 is 1.22 bits per heavy atom. The minimum Gasteiger partial charge on any atom is -0.293 e. The van der Waals surface area contributed by atoms with Crippen LogP contribution in [0.2, 0.25) is 0 Å². The van der Waals surface area contributed by atoms with Crippen LogP contribution in [-0.2, 0) is 6.42 Å². The van der Waals surface area contributed by atoms with Crippen LogP contribution in [0, 0.1) is 6.92 Å². The van der Waals surface area contributed by atoms with Crippen molar-refractivity contribution in [3.8, 4) is 0 Å². The van der Waals surface area contributed by atoms with Gasteiger partial charge in [-0.1, -0.05) is 24.3 Å². The molecule has 18 heavy (non-hydrogen) atoms. The maximum atomic E-state index is 12.6. The van der Waals surface area contributed by atoms with Gasteiger partial charge in [-0.25, -0.2) is 0 Å². The van der Waals surface area contributed by atoms with E-state index < -0.39 is 0 Å². The number of carbonyl (C=O) groups is 1. The van der Waals surface area contributed by atoms with Gasteiger partial charge >= 0.3 is 0 Å². The normalized spacial score (nSPS) is 18.4. The molecule has 0 radical (unpaired) electrons. The van der Waals surface area contributed by atoms with Gasteiger partial charge in [0.1, 0.15) is 0 Å². The van der Waals surface area contributed by atoms with Gasteiger partial charge < -0.3 is 0 Å². The van der Waals surface area contributed by atoms with Crippen molar-refractivity contribution in [2.45, 2.75) is 32.1 Å². The average Bonchev–Trinajstić information content (AvgIpc) is 2.84. The standard InChI is InChI=1S/C16H16OS/c1-11-9-10-15(18-11)16(17)14-8-4-6-12-5-2-3-7-13(12)14/h2-3,5,7,9-10,14H,4,6,8H2,1H3. The topological polar surface area (TPSA) is 17.1 Å². The first-order valence-corrected chi connectivity index (χ1v) is 7.26. The number of rotatable bonds is 2. The number of Topliss-reactive ketones (excluding diaryl/α,β-unsaturated/α-hetero) is 1. The molecule has 0 bridgehead atoms. The number of hydrogen-bond acceptors (Lipinski definition) is 2. The van der Waals surface area contributed by atoms with Crippen LogP contribution in [0.1, 0.15) is 44.4 Å². The molecule has 0 fully saturated rings. The zero-order valence-corrected chi connectivity index (χ0v) is 11.3. The molecule has 0 saturated carbocycles. The van der Waals surface area contributed by atoms with E-state index in [1.807, 2.05) is 18.2 Å². The Morgan fingerprint density at radius 3 is 2.83 bits per heavy atom. The van der Waals surface area contributed by atoms with Crippen LogP contribution >= 0.6 is 11.3 Å². The summed E-state index contributed by atoms with van der Waals surface area (Å²) in [5.74, 6) is 0.383. The summed E-state index contributed by atoms with van der Waals surface area (Å²) in [5.41, 5.74) is 2.61. The van der Waals surface area contributed by atoms with E-state index >= 15 is 0 Å². The van der Waals surface area contributed by atoms with E-state index in [0.29, 0.717) is 5.78 Å². The quantitative estimate of drug-likeness (QED) is 0.730. The number of hydrogen-bond donors (Lipinski definition) is 0. The number of carbonyl (C=O) groups excluding carboxylic acids is 1. The highest BCUT2D eigenvalue weighted by Gasteiger charge is 2.27. The first-order chi connectivity index (χ1) is 8.75. The van der Waals surface area contributed by atoms with Crippen molar-refractivity contribution in [1.29, 1.82) is 0 Å². The molecule has 0 amide bonds. The maximum Gasteiger partial charge on any atom is 0.180 e. The van der Waals surface area contributed by atoms with Crippen LogP contribution in [0.5, 0.6) is 0 Å². The molecule has 1 aliphatic carbocycles. The van der Waals surface area contributed by atoms with Gasteiger partial charge in [0.25, 0.3) is 0 Å². The molecule has 1 aliphatic rings. The summed E-state index contributed by atoms with van der Waals surface area (Å²) in [5, 5.41) is 0. The lowest BCUT2D eigenvalue weighted by Gasteiger charge is -2.23. The van der Waals surface area contributed by atoms with Crippen molar-refractivity contribution in [2.75, 3.05) is 0 Å². The predicted molar refractivity (Wildman–Crippen MR) is 75.5 cm³/mol. The van der Waals surface area contributed by atoms with Crippen LogP contribution in [0.3, 0.4) is 0 Å². The van der Waals surface area contributed by atoms with Crippen molar-refractivity contribution >= 4 is 17.1 Å². The molecule has 0 saturated heterocycles. The van der Waals surface area contributed by atoms with Gasteiger partial charge in [0, 0.05) is 10.8 Å². The second kappa shape index (κ2) is 4.69. The van der Waals surface area contributed by atoms with Crippen LogP contribution in [-0.4, -0.2) is 5.78 Å². The Bertz CT molecular complexity index is 582. The van der Waals surface area contributed by atoms with E-state index in [1.54, 1.807) is 11.3 Å². The summed E-state index contributed by atoms with van der Waals surface area (Å²) >= 11 is 1.61. The lowest BCUT2D eigenvalue weighted by molar-refractivity contribution is 0.0955. The summed E-state index contributed by atoms with van der Waals surface area (Å²) in [6.45, 7) is 2.05. The summed E-state index contributed by atoms with van der Waals surface area (Å²) in [6, 6.07) is 12.4. The van der Waals surface area contributed by atoms with Gasteiger partial charge in [-0.05, 0) is 49.4 Å². The van der Waals surface area contributed by atoms with Gasteiger partial charge in [-0.2, -0.15) is 0 Å². The van der Waals surface area contributed by atoms with E-state index in [0.717, 1.165) is 24.1 Å². The zero-order valence-electron chi connectivity index (χ0n) is 10.5. The van der Waals surface area contributed by atoms with Gasteiger partial charge in [0.2, 0.25) is 0 Å². The smallest absolute Gasteiger partial charge is 0.180 e. The zero-order chi connectivity index (χ0) is 12.5. The SMILES string of the molecule is Cc1ccc(C(=O)C2CCCc3ccccc32)s1. The lowest BCUT2D eigenvalue weighted by Crippen LogP contribution is -2.17. The average molecular weight is 256 g/mol. The van der Waals surface area contributed by atoms with Crippen molar-refractivity contribution < 1.29 is 4.79 Å². The fourth-order valence-electron chi connectivity index (χ4n) is 2.76. The molecule has 0 N–H and O–H groups in total. The maximum absolute atomic E-state index is 12.6. The number of fused-ring (bicyclic) bond motifs is 1. The molecule has 0 spiro atoms. The molecule has 1 atom stereocenters. The van der Waals surface area contributed by atoms with Crippen LogP contribution in [0.25, 0.3) is 0 Å². The molecule has 1 nitrogen and oxygen atoms in total. The van der Waals surface area contributed by atoms with Crippen LogP contribution < -0.4 is 0 Å².